The maximum absolute atomic E-state index is 13.9. The molecule has 0 radical (unpaired) electrons. The molecule has 132 valence electrons. The van der Waals surface area contributed by atoms with Gasteiger partial charge in [0, 0.05) is 29.2 Å². The Morgan fingerprint density at radius 1 is 1.24 bits per heavy atom. The number of rotatable bonds is 5. The first-order valence-electron chi connectivity index (χ1n) is 8.46. The van der Waals surface area contributed by atoms with Crippen LogP contribution in [-0.2, 0) is 17.9 Å². The third-order valence-electron chi connectivity index (χ3n) is 4.57. The second-order valence-corrected chi connectivity index (χ2v) is 6.70. The molecule has 1 aromatic heterocycles. The number of carbonyl (C=O) groups is 1. The van der Waals surface area contributed by atoms with E-state index in [0.29, 0.717) is 23.7 Å². The minimum atomic E-state index is -0.275. The number of likely N-dealkylation sites (tertiary alicyclic amines) is 1. The summed E-state index contributed by atoms with van der Waals surface area (Å²) in [6.07, 6.45) is 3.24. The molecule has 0 spiro atoms. The molecule has 1 fully saturated rings. The zero-order valence-corrected chi connectivity index (χ0v) is 14.7. The van der Waals surface area contributed by atoms with Gasteiger partial charge >= 0.3 is 0 Å². The lowest BCUT2D eigenvalue weighted by Gasteiger charge is -2.31. The van der Waals surface area contributed by atoms with Crippen molar-refractivity contribution in [3.05, 3.63) is 64.7 Å². The maximum Gasteiger partial charge on any atom is 0.223 e. The number of amides is 1. The lowest BCUT2D eigenvalue weighted by molar-refractivity contribution is -0.126. The third kappa shape index (κ3) is 4.77. The molecule has 2 heterocycles. The quantitative estimate of drug-likeness (QED) is 0.887. The largest absolute Gasteiger partial charge is 0.350 e. The van der Waals surface area contributed by atoms with Gasteiger partial charge in [0.05, 0.1) is 12.2 Å². The zero-order valence-electron chi connectivity index (χ0n) is 13.9. The highest BCUT2D eigenvalue weighted by molar-refractivity contribution is 6.31. The molecule has 0 unspecified atom stereocenters. The zero-order chi connectivity index (χ0) is 17.6. The second kappa shape index (κ2) is 8.41. The topological polar surface area (TPSA) is 45.2 Å². The summed E-state index contributed by atoms with van der Waals surface area (Å²) in [6.45, 7) is 2.44. The molecule has 3 rings (SSSR count). The summed E-state index contributed by atoms with van der Waals surface area (Å²) in [6, 6.07) is 10.4. The lowest BCUT2D eigenvalue weighted by atomic mass is 9.95. The Balaban J connectivity index is 1.47. The van der Waals surface area contributed by atoms with Gasteiger partial charge < -0.3 is 5.32 Å². The van der Waals surface area contributed by atoms with Crippen LogP contribution in [0.5, 0.6) is 0 Å². The van der Waals surface area contributed by atoms with Gasteiger partial charge in [0.15, 0.2) is 0 Å². The predicted molar refractivity (Wildman–Crippen MR) is 95.5 cm³/mol. The summed E-state index contributed by atoms with van der Waals surface area (Å²) >= 11 is 6.09. The number of pyridine rings is 1. The van der Waals surface area contributed by atoms with Gasteiger partial charge in [0.1, 0.15) is 5.82 Å². The summed E-state index contributed by atoms with van der Waals surface area (Å²) < 4.78 is 13.9. The number of halogens is 2. The van der Waals surface area contributed by atoms with Crippen molar-refractivity contribution >= 4 is 17.5 Å². The SMILES string of the molecule is O=C(NCc1ccccn1)C1CCN(Cc2c(F)cccc2Cl)CC1. The summed E-state index contributed by atoms with van der Waals surface area (Å²) in [4.78, 5) is 18.7. The average molecular weight is 362 g/mol. The first-order valence-corrected chi connectivity index (χ1v) is 8.84. The van der Waals surface area contributed by atoms with Gasteiger partial charge in [-0.2, -0.15) is 0 Å². The van der Waals surface area contributed by atoms with Crippen molar-refractivity contribution < 1.29 is 9.18 Å². The molecule has 6 heteroatoms. The predicted octanol–water partition coefficient (Wildman–Crippen LogP) is 3.40. The molecular weight excluding hydrogens is 341 g/mol. The number of nitrogens with zero attached hydrogens (tertiary/aromatic N) is 2. The average Bonchev–Trinajstić information content (AvgIpc) is 2.64. The van der Waals surface area contributed by atoms with Gasteiger partial charge in [-0.25, -0.2) is 4.39 Å². The molecule has 1 saturated heterocycles. The van der Waals surface area contributed by atoms with E-state index < -0.39 is 0 Å². The number of nitrogens with one attached hydrogen (secondary N) is 1. The lowest BCUT2D eigenvalue weighted by Crippen LogP contribution is -2.40. The van der Waals surface area contributed by atoms with E-state index in [-0.39, 0.29) is 17.6 Å². The first kappa shape index (κ1) is 17.8. The van der Waals surface area contributed by atoms with E-state index in [2.05, 4.69) is 15.2 Å². The highest BCUT2D eigenvalue weighted by atomic mass is 35.5. The molecule has 0 bridgehead atoms. The number of hydrogen-bond donors (Lipinski definition) is 1. The molecule has 1 aromatic carbocycles. The van der Waals surface area contributed by atoms with Gasteiger partial charge in [0.2, 0.25) is 5.91 Å². The van der Waals surface area contributed by atoms with Crippen LogP contribution in [0.4, 0.5) is 4.39 Å². The minimum Gasteiger partial charge on any atom is -0.350 e. The van der Waals surface area contributed by atoms with E-state index in [1.165, 1.54) is 6.07 Å². The summed E-state index contributed by atoms with van der Waals surface area (Å²) in [5.41, 5.74) is 1.38. The molecule has 0 atom stereocenters. The summed E-state index contributed by atoms with van der Waals surface area (Å²) in [5.74, 6) is -0.215. The first-order chi connectivity index (χ1) is 12.1. The van der Waals surface area contributed by atoms with Crippen molar-refractivity contribution in [3.8, 4) is 0 Å². The Hall–Kier alpha value is -1.98. The minimum absolute atomic E-state index is 0.00365. The molecule has 4 nitrogen and oxygen atoms in total. The normalized spacial score (nSPS) is 15.9. The molecule has 2 aromatic rings. The fourth-order valence-electron chi connectivity index (χ4n) is 3.08. The number of piperidine rings is 1. The monoisotopic (exact) mass is 361 g/mol. The van der Waals surface area contributed by atoms with Crippen LogP contribution >= 0.6 is 11.6 Å². The van der Waals surface area contributed by atoms with Crippen LogP contribution in [-0.4, -0.2) is 28.9 Å². The highest BCUT2D eigenvalue weighted by Gasteiger charge is 2.25. The van der Waals surface area contributed by atoms with E-state index >= 15 is 0 Å². The maximum atomic E-state index is 13.9. The molecule has 1 amide bonds. The summed E-state index contributed by atoms with van der Waals surface area (Å²) in [7, 11) is 0. The van der Waals surface area contributed by atoms with Gasteiger partial charge in [-0.05, 0) is 50.2 Å². The summed E-state index contributed by atoms with van der Waals surface area (Å²) in [5, 5.41) is 3.40. The Bertz CT molecular complexity index is 698. The second-order valence-electron chi connectivity index (χ2n) is 6.29. The molecule has 0 saturated carbocycles. The van der Waals surface area contributed by atoms with Gasteiger partial charge in [-0.1, -0.05) is 23.7 Å². The Labute approximate surface area is 152 Å². The fourth-order valence-corrected chi connectivity index (χ4v) is 3.31. The van der Waals surface area contributed by atoms with Gasteiger partial charge in [-0.3, -0.25) is 14.7 Å². The number of hydrogen-bond acceptors (Lipinski definition) is 3. The van der Waals surface area contributed by atoms with Crippen LogP contribution in [0.25, 0.3) is 0 Å². The van der Waals surface area contributed by atoms with Crippen LogP contribution in [0.15, 0.2) is 42.6 Å². The van der Waals surface area contributed by atoms with E-state index in [1.807, 2.05) is 18.2 Å². The number of carbonyl (C=O) groups excluding carboxylic acids is 1. The molecule has 1 aliphatic heterocycles. The molecular formula is C19H21ClFN3O. The molecule has 25 heavy (non-hydrogen) atoms. The van der Waals surface area contributed by atoms with E-state index in [1.54, 1.807) is 18.3 Å². The van der Waals surface area contributed by atoms with Gasteiger partial charge in [-0.15, -0.1) is 0 Å². The standard InChI is InChI=1S/C19H21ClFN3O/c20-17-5-3-6-18(21)16(17)13-24-10-7-14(8-11-24)19(25)23-12-15-4-1-2-9-22-15/h1-6,9,14H,7-8,10-13H2,(H,23,25). The Morgan fingerprint density at radius 3 is 2.72 bits per heavy atom. The third-order valence-corrected chi connectivity index (χ3v) is 4.93. The number of benzene rings is 1. The van der Waals surface area contributed by atoms with Crippen LogP contribution in [0.1, 0.15) is 24.1 Å². The van der Waals surface area contributed by atoms with Crippen molar-refractivity contribution in [2.24, 2.45) is 5.92 Å². The van der Waals surface area contributed by atoms with Crippen molar-refractivity contribution in [3.63, 3.8) is 0 Å². The van der Waals surface area contributed by atoms with Crippen molar-refractivity contribution in [2.75, 3.05) is 13.1 Å². The molecule has 1 N–H and O–H groups in total. The van der Waals surface area contributed by atoms with Gasteiger partial charge in [0.25, 0.3) is 0 Å². The Morgan fingerprint density at radius 2 is 2.04 bits per heavy atom. The highest BCUT2D eigenvalue weighted by Crippen LogP contribution is 2.24. The molecule has 1 aliphatic rings. The van der Waals surface area contributed by atoms with Crippen molar-refractivity contribution in [1.29, 1.82) is 0 Å². The van der Waals surface area contributed by atoms with Crippen LogP contribution in [0.3, 0.4) is 0 Å². The smallest absolute Gasteiger partial charge is 0.223 e. The van der Waals surface area contributed by atoms with E-state index in [0.717, 1.165) is 31.6 Å². The van der Waals surface area contributed by atoms with E-state index in [4.69, 9.17) is 11.6 Å². The Kier molecular flexibility index (Phi) is 6.00. The fraction of sp³-hybridized carbons (Fsp3) is 0.368. The van der Waals surface area contributed by atoms with Crippen LogP contribution in [0, 0.1) is 11.7 Å². The molecule has 0 aliphatic carbocycles. The van der Waals surface area contributed by atoms with Crippen molar-refractivity contribution in [1.82, 2.24) is 15.2 Å². The van der Waals surface area contributed by atoms with E-state index in [9.17, 15) is 9.18 Å². The number of aromatic nitrogens is 1. The van der Waals surface area contributed by atoms with Crippen LogP contribution in [0.2, 0.25) is 5.02 Å². The van der Waals surface area contributed by atoms with Crippen LogP contribution < -0.4 is 5.32 Å². The van der Waals surface area contributed by atoms with Crippen molar-refractivity contribution in [2.45, 2.75) is 25.9 Å².